The van der Waals surface area contributed by atoms with Gasteiger partial charge in [0.1, 0.15) is 0 Å². The van der Waals surface area contributed by atoms with E-state index in [9.17, 15) is 8.42 Å². The Morgan fingerprint density at radius 2 is 1.83 bits per heavy atom. The molecule has 1 aromatic carbocycles. The summed E-state index contributed by atoms with van der Waals surface area (Å²) in [5.41, 5.74) is 0. The van der Waals surface area contributed by atoms with Gasteiger partial charge in [-0.15, -0.1) is 24.2 Å². The summed E-state index contributed by atoms with van der Waals surface area (Å²) in [6.07, 6.45) is 9.59. The van der Waals surface area contributed by atoms with Crippen LogP contribution in [0.5, 0.6) is 0 Å². The minimum absolute atomic E-state index is 0. The van der Waals surface area contributed by atoms with E-state index in [2.05, 4.69) is 10.0 Å². The predicted octanol–water partition coefficient (Wildman–Crippen LogP) is 3.42. The molecule has 0 unspecified atom stereocenters. The Morgan fingerprint density at radius 1 is 1.13 bits per heavy atom. The van der Waals surface area contributed by atoms with Crippen molar-refractivity contribution in [3.05, 3.63) is 24.3 Å². The number of rotatable bonds is 7. The third-order valence-electron chi connectivity index (χ3n) is 4.06. The first-order valence-electron chi connectivity index (χ1n) is 7.99. The number of sulfonamides is 1. The van der Waals surface area contributed by atoms with E-state index in [1.54, 1.807) is 30.0 Å². The summed E-state index contributed by atoms with van der Waals surface area (Å²) in [5.74, 6) is 0. The highest BCUT2D eigenvalue weighted by Crippen LogP contribution is 2.19. The second-order valence-corrected chi connectivity index (χ2v) is 8.37. The van der Waals surface area contributed by atoms with Crippen LogP contribution in [0.15, 0.2) is 34.1 Å². The van der Waals surface area contributed by atoms with Crippen molar-refractivity contribution in [2.24, 2.45) is 0 Å². The van der Waals surface area contributed by atoms with E-state index in [0.29, 0.717) is 24.0 Å². The van der Waals surface area contributed by atoms with E-state index in [-0.39, 0.29) is 12.4 Å². The van der Waals surface area contributed by atoms with E-state index < -0.39 is 10.0 Å². The van der Waals surface area contributed by atoms with Crippen molar-refractivity contribution in [3.8, 4) is 0 Å². The zero-order valence-electron chi connectivity index (χ0n) is 13.6. The van der Waals surface area contributed by atoms with E-state index >= 15 is 0 Å². The summed E-state index contributed by atoms with van der Waals surface area (Å²) in [7, 11) is -3.41. The van der Waals surface area contributed by atoms with Gasteiger partial charge >= 0.3 is 0 Å². The Kier molecular flexibility index (Phi) is 9.54. The van der Waals surface area contributed by atoms with Crippen molar-refractivity contribution in [2.75, 3.05) is 19.3 Å². The molecule has 0 aliphatic heterocycles. The Morgan fingerprint density at radius 3 is 2.48 bits per heavy atom. The lowest BCUT2D eigenvalue weighted by atomic mass is 10.1. The van der Waals surface area contributed by atoms with Crippen LogP contribution in [0.1, 0.15) is 38.5 Å². The van der Waals surface area contributed by atoms with Crippen LogP contribution >= 0.6 is 24.2 Å². The topological polar surface area (TPSA) is 58.2 Å². The molecule has 0 atom stereocenters. The lowest BCUT2D eigenvalue weighted by Crippen LogP contribution is -2.36. The maximum Gasteiger partial charge on any atom is 0.240 e. The van der Waals surface area contributed by atoms with Gasteiger partial charge in [-0.25, -0.2) is 13.1 Å². The number of hydrogen-bond donors (Lipinski definition) is 2. The van der Waals surface area contributed by atoms with Gasteiger partial charge in [0.05, 0.1) is 4.90 Å². The molecule has 4 nitrogen and oxygen atoms in total. The highest BCUT2D eigenvalue weighted by atomic mass is 35.5. The quantitative estimate of drug-likeness (QED) is 0.433. The second-order valence-electron chi connectivity index (χ2n) is 5.72. The molecule has 0 spiro atoms. The van der Waals surface area contributed by atoms with Gasteiger partial charge in [0, 0.05) is 24.0 Å². The van der Waals surface area contributed by atoms with Gasteiger partial charge in [-0.3, -0.25) is 0 Å². The fourth-order valence-corrected chi connectivity index (χ4v) is 4.41. The monoisotopic (exact) mass is 378 g/mol. The van der Waals surface area contributed by atoms with Crippen molar-refractivity contribution in [2.45, 2.75) is 54.4 Å². The van der Waals surface area contributed by atoms with Crippen LogP contribution in [0.3, 0.4) is 0 Å². The van der Waals surface area contributed by atoms with Crippen molar-refractivity contribution < 1.29 is 8.42 Å². The maximum atomic E-state index is 12.3. The molecule has 0 aromatic heterocycles. The molecule has 1 aliphatic rings. The summed E-state index contributed by atoms with van der Waals surface area (Å²) in [6.45, 7) is 1.12. The fourth-order valence-electron chi connectivity index (χ4n) is 2.80. The van der Waals surface area contributed by atoms with E-state index in [0.717, 1.165) is 4.90 Å². The first-order valence-corrected chi connectivity index (χ1v) is 10.7. The van der Waals surface area contributed by atoms with Gasteiger partial charge < -0.3 is 5.32 Å². The maximum absolute atomic E-state index is 12.3. The number of thioether (sulfide) groups is 1. The third kappa shape index (κ3) is 7.01. The summed E-state index contributed by atoms with van der Waals surface area (Å²) < 4.78 is 27.2. The molecule has 2 N–H and O–H groups in total. The molecular formula is C16H27ClN2O2S2. The molecule has 1 saturated carbocycles. The molecule has 0 heterocycles. The van der Waals surface area contributed by atoms with Gasteiger partial charge in [-0.1, -0.05) is 31.7 Å². The van der Waals surface area contributed by atoms with Gasteiger partial charge in [0.15, 0.2) is 0 Å². The predicted molar refractivity (Wildman–Crippen MR) is 100 cm³/mol. The molecule has 1 fully saturated rings. The standard InChI is InChI=1S/C16H26N2O2S2.ClH/c1-21-15-9-6-10-16(13-15)22(19,20)18-12-11-17-14-7-4-2-3-5-8-14;/h6,9-10,13-14,17-18H,2-5,7-8,11-12H2,1H3;1H. The molecule has 7 heteroatoms. The molecule has 0 radical (unpaired) electrons. The van der Waals surface area contributed by atoms with Gasteiger partial charge in [-0.2, -0.15) is 0 Å². The molecule has 1 aliphatic carbocycles. The SMILES string of the molecule is CSc1cccc(S(=O)(=O)NCCNC2CCCCCC2)c1.Cl. The Hall–Kier alpha value is -0.270. The van der Waals surface area contributed by atoms with Gasteiger partial charge in [0.2, 0.25) is 10.0 Å². The molecular weight excluding hydrogens is 352 g/mol. The second kappa shape index (κ2) is 10.6. The van der Waals surface area contributed by atoms with E-state index in [1.165, 1.54) is 38.5 Å². The highest BCUT2D eigenvalue weighted by molar-refractivity contribution is 7.98. The molecule has 0 amide bonds. The largest absolute Gasteiger partial charge is 0.313 e. The lowest BCUT2D eigenvalue weighted by molar-refractivity contribution is 0.461. The average molecular weight is 379 g/mol. The molecule has 132 valence electrons. The number of benzene rings is 1. The van der Waals surface area contributed by atoms with Crippen LogP contribution in [0, 0.1) is 0 Å². The van der Waals surface area contributed by atoms with E-state index in [4.69, 9.17) is 0 Å². The fraction of sp³-hybridized carbons (Fsp3) is 0.625. The lowest BCUT2D eigenvalue weighted by Gasteiger charge is -2.16. The summed E-state index contributed by atoms with van der Waals surface area (Å²) >= 11 is 1.54. The third-order valence-corrected chi connectivity index (χ3v) is 6.24. The van der Waals surface area contributed by atoms with Gasteiger partial charge in [0.25, 0.3) is 0 Å². The van der Waals surface area contributed by atoms with Crippen LogP contribution in [-0.2, 0) is 10.0 Å². The molecule has 23 heavy (non-hydrogen) atoms. The number of nitrogens with one attached hydrogen (secondary N) is 2. The number of halogens is 1. The Labute approximate surface area is 150 Å². The minimum Gasteiger partial charge on any atom is -0.313 e. The first kappa shape index (κ1) is 20.8. The zero-order chi connectivity index (χ0) is 15.8. The van der Waals surface area contributed by atoms with Crippen LogP contribution in [0.4, 0.5) is 0 Å². The van der Waals surface area contributed by atoms with Crippen LogP contribution < -0.4 is 10.0 Å². The van der Waals surface area contributed by atoms with Crippen LogP contribution in [0.25, 0.3) is 0 Å². The first-order chi connectivity index (χ1) is 10.6. The van der Waals surface area contributed by atoms with E-state index in [1.807, 2.05) is 12.3 Å². The van der Waals surface area contributed by atoms with Crippen molar-refractivity contribution in [3.63, 3.8) is 0 Å². The van der Waals surface area contributed by atoms with Crippen molar-refractivity contribution >= 4 is 34.2 Å². The van der Waals surface area contributed by atoms with Crippen LogP contribution in [0.2, 0.25) is 0 Å². The summed E-state index contributed by atoms with van der Waals surface area (Å²) in [4.78, 5) is 1.30. The number of hydrogen-bond acceptors (Lipinski definition) is 4. The molecule has 1 aromatic rings. The van der Waals surface area contributed by atoms with Gasteiger partial charge in [-0.05, 0) is 37.3 Å². The van der Waals surface area contributed by atoms with Crippen LogP contribution in [-0.4, -0.2) is 33.8 Å². The Balaban J connectivity index is 0.00000264. The average Bonchev–Trinajstić information content (AvgIpc) is 2.80. The van der Waals surface area contributed by atoms with Crippen molar-refractivity contribution in [1.82, 2.24) is 10.0 Å². The minimum atomic E-state index is -3.41. The van der Waals surface area contributed by atoms with Crippen molar-refractivity contribution in [1.29, 1.82) is 0 Å². The molecule has 0 saturated heterocycles. The normalized spacial score (nSPS) is 16.6. The molecule has 0 bridgehead atoms. The Bertz CT molecular complexity index is 559. The zero-order valence-corrected chi connectivity index (χ0v) is 16.0. The summed E-state index contributed by atoms with van der Waals surface area (Å²) in [6, 6.07) is 7.60. The summed E-state index contributed by atoms with van der Waals surface area (Å²) in [5, 5.41) is 3.48. The highest BCUT2D eigenvalue weighted by Gasteiger charge is 2.15. The smallest absolute Gasteiger partial charge is 0.240 e. The molecule has 2 rings (SSSR count).